The van der Waals surface area contributed by atoms with Gasteiger partial charge in [-0.1, -0.05) is 11.6 Å². The van der Waals surface area contributed by atoms with Gasteiger partial charge in [0.25, 0.3) is 5.91 Å². The Bertz CT molecular complexity index is 1190. The van der Waals surface area contributed by atoms with Gasteiger partial charge in [0.2, 0.25) is 0 Å². The van der Waals surface area contributed by atoms with Crippen molar-refractivity contribution in [1.29, 1.82) is 0 Å². The maximum absolute atomic E-state index is 13.0. The molecule has 9 heteroatoms. The Morgan fingerprint density at radius 1 is 1.06 bits per heavy atom. The average molecular weight is 499 g/mol. The second-order valence-electron chi connectivity index (χ2n) is 8.16. The van der Waals surface area contributed by atoms with E-state index in [1.165, 1.54) is 11.3 Å². The van der Waals surface area contributed by atoms with Crippen molar-refractivity contribution in [2.75, 3.05) is 26.3 Å². The fourth-order valence-corrected chi connectivity index (χ4v) is 4.90. The molecular formula is C25H23ClN2O5S. The van der Waals surface area contributed by atoms with Crippen LogP contribution in [0.1, 0.15) is 38.7 Å². The van der Waals surface area contributed by atoms with Crippen LogP contribution in [0.4, 0.5) is 0 Å². The first-order valence-corrected chi connectivity index (χ1v) is 12.4. The standard InChI is InChI=1S/C25H23ClN2O5S/c26-18-2-4-19(5-3-18)33-14-23-27-20(15-34-23)25(30)28-9-7-16(8-10-28)24(29)17-1-6-21-22(13-17)32-12-11-31-21/h1-6,13,15-16H,7-12,14H2. The molecule has 2 aliphatic rings. The minimum absolute atomic E-state index is 0.0827. The van der Waals surface area contributed by atoms with Gasteiger partial charge in [0, 0.05) is 35.0 Å². The number of fused-ring (bicyclic) bond motifs is 1. The number of benzene rings is 2. The van der Waals surface area contributed by atoms with Crippen LogP contribution in [-0.4, -0.2) is 47.9 Å². The van der Waals surface area contributed by atoms with Crippen LogP contribution in [0.5, 0.6) is 17.2 Å². The number of hydrogen-bond donors (Lipinski definition) is 0. The summed E-state index contributed by atoms with van der Waals surface area (Å²) in [6, 6.07) is 12.4. The van der Waals surface area contributed by atoms with E-state index in [-0.39, 0.29) is 24.2 Å². The van der Waals surface area contributed by atoms with Crippen molar-refractivity contribution >= 4 is 34.6 Å². The first-order chi connectivity index (χ1) is 16.6. The Hall–Kier alpha value is -3.10. The number of hydrogen-bond acceptors (Lipinski definition) is 7. The number of ether oxygens (including phenoxy) is 3. The van der Waals surface area contributed by atoms with Gasteiger partial charge in [-0.25, -0.2) is 4.98 Å². The summed E-state index contributed by atoms with van der Waals surface area (Å²) in [5, 5.41) is 3.13. The maximum atomic E-state index is 13.0. The molecule has 0 saturated carbocycles. The molecule has 1 amide bonds. The van der Waals surface area contributed by atoms with Crippen LogP contribution in [0, 0.1) is 5.92 Å². The van der Waals surface area contributed by atoms with Crippen molar-refractivity contribution in [2.24, 2.45) is 5.92 Å². The Balaban J connectivity index is 1.14. The Labute approximate surface area is 206 Å². The number of likely N-dealkylation sites (tertiary alicyclic amines) is 1. The van der Waals surface area contributed by atoms with Crippen molar-refractivity contribution in [3.8, 4) is 17.2 Å². The Morgan fingerprint density at radius 2 is 1.79 bits per heavy atom. The number of nitrogens with zero attached hydrogens (tertiary/aromatic N) is 2. The lowest BCUT2D eigenvalue weighted by atomic mass is 9.88. The third-order valence-corrected chi connectivity index (χ3v) is 7.00. The summed E-state index contributed by atoms with van der Waals surface area (Å²) >= 11 is 7.28. The third-order valence-electron chi connectivity index (χ3n) is 5.93. The van der Waals surface area contributed by atoms with Gasteiger partial charge in [-0.3, -0.25) is 9.59 Å². The van der Waals surface area contributed by atoms with Crippen LogP contribution in [0.15, 0.2) is 47.8 Å². The zero-order chi connectivity index (χ0) is 23.5. The smallest absolute Gasteiger partial charge is 0.273 e. The zero-order valence-electron chi connectivity index (χ0n) is 18.4. The van der Waals surface area contributed by atoms with E-state index in [1.807, 2.05) is 0 Å². The molecule has 34 heavy (non-hydrogen) atoms. The van der Waals surface area contributed by atoms with E-state index in [4.69, 9.17) is 25.8 Å². The molecule has 0 bridgehead atoms. The highest BCUT2D eigenvalue weighted by atomic mass is 35.5. The van der Waals surface area contributed by atoms with Gasteiger partial charge in [-0.05, 0) is 55.3 Å². The van der Waals surface area contributed by atoms with Gasteiger partial charge < -0.3 is 19.1 Å². The number of thiazole rings is 1. The van der Waals surface area contributed by atoms with E-state index in [9.17, 15) is 9.59 Å². The molecule has 2 aromatic carbocycles. The first-order valence-electron chi connectivity index (χ1n) is 11.1. The third kappa shape index (κ3) is 5.03. The van der Waals surface area contributed by atoms with Crippen molar-refractivity contribution < 1.29 is 23.8 Å². The second kappa shape index (κ2) is 10.0. The van der Waals surface area contributed by atoms with Crippen LogP contribution >= 0.6 is 22.9 Å². The summed E-state index contributed by atoms with van der Waals surface area (Å²) in [6.07, 6.45) is 1.24. The lowest BCUT2D eigenvalue weighted by molar-refractivity contribution is 0.0645. The van der Waals surface area contributed by atoms with Crippen molar-refractivity contribution in [1.82, 2.24) is 9.88 Å². The number of halogens is 1. The van der Waals surface area contributed by atoms with Gasteiger partial charge in [-0.15, -0.1) is 11.3 Å². The molecule has 7 nitrogen and oxygen atoms in total. The monoisotopic (exact) mass is 498 g/mol. The van der Waals surface area contributed by atoms with Crippen molar-refractivity contribution in [3.63, 3.8) is 0 Å². The van der Waals surface area contributed by atoms with E-state index >= 15 is 0 Å². The van der Waals surface area contributed by atoms with Crippen LogP contribution in [0.2, 0.25) is 5.02 Å². The number of amides is 1. The molecular weight excluding hydrogens is 476 g/mol. The highest BCUT2D eigenvalue weighted by Gasteiger charge is 2.30. The van der Waals surface area contributed by atoms with Gasteiger partial charge in [0.1, 0.15) is 36.3 Å². The molecule has 0 N–H and O–H groups in total. The molecule has 0 spiro atoms. The summed E-state index contributed by atoms with van der Waals surface area (Å²) in [5.74, 6) is 1.83. The van der Waals surface area contributed by atoms with Gasteiger partial charge >= 0.3 is 0 Å². The molecule has 1 saturated heterocycles. The molecule has 1 aromatic heterocycles. The Morgan fingerprint density at radius 3 is 2.56 bits per heavy atom. The van der Waals surface area contributed by atoms with E-state index in [1.54, 1.807) is 52.7 Å². The molecule has 176 valence electrons. The van der Waals surface area contributed by atoms with Crippen molar-refractivity contribution in [2.45, 2.75) is 19.4 Å². The number of carbonyl (C=O) groups is 2. The largest absolute Gasteiger partial charge is 0.486 e. The quantitative estimate of drug-likeness (QED) is 0.451. The highest BCUT2D eigenvalue weighted by molar-refractivity contribution is 7.09. The SMILES string of the molecule is O=C(c1ccc2c(c1)OCCO2)C1CCN(C(=O)c2csc(COc3ccc(Cl)cc3)n2)CC1. The van der Waals surface area contributed by atoms with Crippen LogP contribution in [0.25, 0.3) is 0 Å². The fourth-order valence-electron chi connectivity index (χ4n) is 4.09. The summed E-state index contributed by atoms with van der Waals surface area (Å²) in [6.45, 7) is 2.33. The van der Waals surface area contributed by atoms with Crippen molar-refractivity contribution in [3.05, 3.63) is 69.1 Å². The number of carbonyl (C=O) groups excluding carboxylic acids is 2. The lowest BCUT2D eigenvalue weighted by Gasteiger charge is -2.31. The van der Waals surface area contributed by atoms with E-state index in [0.29, 0.717) is 72.7 Å². The topological polar surface area (TPSA) is 78.0 Å². The summed E-state index contributed by atoms with van der Waals surface area (Å²) < 4.78 is 16.8. The number of piperidine rings is 1. The molecule has 1 fully saturated rings. The molecule has 3 heterocycles. The molecule has 0 atom stereocenters. The summed E-state index contributed by atoms with van der Waals surface area (Å²) in [5.41, 5.74) is 1.04. The molecule has 0 aliphatic carbocycles. The molecule has 0 unspecified atom stereocenters. The van der Waals surface area contributed by atoms with E-state index in [0.717, 1.165) is 5.01 Å². The van der Waals surface area contributed by atoms with Crippen LogP contribution < -0.4 is 14.2 Å². The van der Waals surface area contributed by atoms with Gasteiger partial charge in [-0.2, -0.15) is 0 Å². The number of ketones is 1. The second-order valence-corrected chi connectivity index (χ2v) is 9.54. The predicted molar refractivity (Wildman–Crippen MR) is 128 cm³/mol. The first kappa shape index (κ1) is 22.7. The summed E-state index contributed by atoms with van der Waals surface area (Å²) in [7, 11) is 0. The van der Waals surface area contributed by atoms with Gasteiger partial charge in [0.05, 0.1) is 0 Å². The van der Waals surface area contributed by atoms with Crippen LogP contribution in [0.3, 0.4) is 0 Å². The van der Waals surface area contributed by atoms with Crippen LogP contribution in [-0.2, 0) is 6.61 Å². The molecule has 3 aromatic rings. The Kier molecular flexibility index (Phi) is 6.69. The van der Waals surface area contributed by atoms with E-state index < -0.39 is 0 Å². The minimum atomic E-state index is -0.120. The number of rotatable bonds is 6. The minimum Gasteiger partial charge on any atom is -0.486 e. The van der Waals surface area contributed by atoms with Gasteiger partial charge in [0.15, 0.2) is 17.3 Å². The maximum Gasteiger partial charge on any atom is 0.273 e. The zero-order valence-corrected chi connectivity index (χ0v) is 19.9. The fraction of sp³-hybridized carbons (Fsp3) is 0.320. The highest BCUT2D eigenvalue weighted by Crippen LogP contribution is 2.33. The molecule has 5 rings (SSSR count). The normalized spacial score (nSPS) is 15.7. The number of Topliss-reactive ketones (excluding diaryl/α,β-unsaturated/α-hetero) is 1. The molecule has 2 aliphatic heterocycles. The number of aromatic nitrogens is 1. The summed E-state index contributed by atoms with van der Waals surface area (Å²) in [4.78, 5) is 32.2. The lowest BCUT2D eigenvalue weighted by Crippen LogP contribution is -2.40. The predicted octanol–water partition coefficient (Wildman–Crippen LogP) is 4.88. The molecule has 0 radical (unpaired) electrons. The average Bonchev–Trinajstić information content (AvgIpc) is 3.36. The van der Waals surface area contributed by atoms with E-state index in [2.05, 4.69) is 4.98 Å².